The molecule has 154 valence electrons. The molecule has 0 saturated heterocycles. The molecule has 0 saturated carbocycles. The topological polar surface area (TPSA) is 81.7 Å². The van der Waals surface area contributed by atoms with Gasteiger partial charge >= 0.3 is 0 Å². The largest absolute Gasteiger partial charge is 0.382 e. The van der Waals surface area contributed by atoms with E-state index in [-0.39, 0.29) is 0 Å². The van der Waals surface area contributed by atoms with Crippen molar-refractivity contribution in [1.82, 2.24) is 24.8 Å². The van der Waals surface area contributed by atoms with E-state index in [0.717, 1.165) is 40.8 Å². The van der Waals surface area contributed by atoms with Crippen molar-refractivity contribution in [3.05, 3.63) is 40.7 Å². The monoisotopic (exact) mass is 430 g/mol. The standard InChI is InChI=1S/C21H27ClN6S/c1-13(2)8-15-9-16(22)11-17(10-15)29-21-27-18-19(23)25-12-26-20(18)28(21)7-5-6-24-14(3)4/h8-12,14,24H,5-7H2,1-4H3,(H2,23,25,26). The third-order valence-electron chi connectivity index (χ3n) is 4.19. The van der Waals surface area contributed by atoms with E-state index in [0.29, 0.717) is 22.4 Å². The summed E-state index contributed by atoms with van der Waals surface area (Å²) in [7, 11) is 0. The summed E-state index contributed by atoms with van der Waals surface area (Å²) in [5, 5.41) is 4.98. The van der Waals surface area contributed by atoms with Crippen molar-refractivity contribution >= 4 is 46.4 Å². The van der Waals surface area contributed by atoms with Crippen LogP contribution in [0.2, 0.25) is 5.02 Å². The number of hydrogen-bond donors (Lipinski definition) is 2. The van der Waals surface area contributed by atoms with E-state index in [4.69, 9.17) is 22.3 Å². The molecule has 6 nitrogen and oxygen atoms in total. The molecule has 1 aromatic carbocycles. The van der Waals surface area contributed by atoms with Crippen LogP contribution in [0.3, 0.4) is 0 Å². The first-order chi connectivity index (χ1) is 13.8. The molecule has 8 heteroatoms. The van der Waals surface area contributed by atoms with E-state index in [2.05, 4.69) is 59.7 Å². The summed E-state index contributed by atoms with van der Waals surface area (Å²) in [5.41, 5.74) is 9.74. The number of nitrogens with zero attached hydrogens (tertiary/aromatic N) is 4. The average Bonchev–Trinajstić information content (AvgIpc) is 2.96. The smallest absolute Gasteiger partial charge is 0.175 e. The number of benzene rings is 1. The molecule has 0 radical (unpaired) electrons. The van der Waals surface area contributed by atoms with Crippen LogP contribution in [0.25, 0.3) is 17.2 Å². The number of nitrogens with two attached hydrogens (primary N) is 1. The molecule has 0 spiro atoms. The van der Waals surface area contributed by atoms with Gasteiger partial charge in [-0.25, -0.2) is 15.0 Å². The number of aromatic nitrogens is 4. The summed E-state index contributed by atoms with van der Waals surface area (Å²) in [4.78, 5) is 14.3. The second-order valence-electron chi connectivity index (χ2n) is 7.48. The summed E-state index contributed by atoms with van der Waals surface area (Å²) >= 11 is 7.92. The quantitative estimate of drug-likeness (QED) is 0.488. The van der Waals surface area contributed by atoms with Gasteiger partial charge in [-0.05, 0) is 50.6 Å². The van der Waals surface area contributed by atoms with Gasteiger partial charge in [-0.2, -0.15) is 0 Å². The molecule has 0 aliphatic carbocycles. The van der Waals surface area contributed by atoms with Gasteiger partial charge in [0.1, 0.15) is 6.33 Å². The fourth-order valence-corrected chi connectivity index (χ4v) is 4.33. The summed E-state index contributed by atoms with van der Waals surface area (Å²) in [6, 6.07) is 6.49. The van der Waals surface area contributed by atoms with Crippen molar-refractivity contribution in [2.75, 3.05) is 12.3 Å². The molecule has 3 N–H and O–H groups in total. The third-order valence-corrected chi connectivity index (χ3v) is 5.38. The van der Waals surface area contributed by atoms with Crippen molar-refractivity contribution in [1.29, 1.82) is 0 Å². The highest BCUT2D eigenvalue weighted by molar-refractivity contribution is 7.99. The molecule has 0 aliphatic rings. The highest BCUT2D eigenvalue weighted by Gasteiger charge is 2.16. The van der Waals surface area contributed by atoms with Gasteiger partial charge in [0.2, 0.25) is 0 Å². The molecular formula is C21H27ClN6S. The second-order valence-corrected chi connectivity index (χ2v) is 8.96. The number of aryl methyl sites for hydroxylation is 1. The first-order valence-corrected chi connectivity index (χ1v) is 10.9. The average molecular weight is 431 g/mol. The number of halogens is 1. The zero-order valence-corrected chi connectivity index (χ0v) is 18.8. The van der Waals surface area contributed by atoms with Crippen LogP contribution >= 0.6 is 23.4 Å². The van der Waals surface area contributed by atoms with Crippen LogP contribution in [0.1, 0.15) is 39.7 Å². The van der Waals surface area contributed by atoms with E-state index in [9.17, 15) is 0 Å². The molecule has 0 aliphatic heterocycles. The van der Waals surface area contributed by atoms with Crippen LogP contribution in [-0.4, -0.2) is 32.1 Å². The van der Waals surface area contributed by atoms with Gasteiger partial charge in [0, 0.05) is 22.5 Å². The number of nitrogen functional groups attached to an aromatic ring is 1. The van der Waals surface area contributed by atoms with Gasteiger partial charge in [-0.1, -0.05) is 48.9 Å². The van der Waals surface area contributed by atoms with Gasteiger partial charge in [-0.3, -0.25) is 0 Å². The van der Waals surface area contributed by atoms with Crippen LogP contribution in [0, 0.1) is 0 Å². The lowest BCUT2D eigenvalue weighted by Crippen LogP contribution is -2.24. The zero-order chi connectivity index (χ0) is 21.0. The van der Waals surface area contributed by atoms with Crippen LogP contribution < -0.4 is 11.1 Å². The van der Waals surface area contributed by atoms with E-state index >= 15 is 0 Å². The van der Waals surface area contributed by atoms with Gasteiger partial charge in [0.25, 0.3) is 0 Å². The number of fused-ring (bicyclic) bond motifs is 1. The summed E-state index contributed by atoms with van der Waals surface area (Å²) in [5.74, 6) is 0.396. The van der Waals surface area contributed by atoms with E-state index in [1.54, 1.807) is 11.8 Å². The van der Waals surface area contributed by atoms with E-state index < -0.39 is 0 Å². The number of hydrogen-bond acceptors (Lipinski definition) is 6. The lowest BCUT2D eigenvalue weighted by molar-refractivity contribution is 0.525. The molecule has 0 amide bonds. The highest BCUT2D eigenvalue weighted by Crippen LogP contribution is 2.33. The van der Waals surface area contributed by atoms with Crippen molar-refractivity contribution in [2.45, 2.75) is 56.8 Å². The van der Waals surface area contributed by atoms with Crippen molar-refractivity contribution in [2.24, 2.45) is 0 Å². The van der Waals surface area contributed by atoms with Gasteiger partial charge in [0.05, 0.1) is 0 Å². The maximum Gasteiger partial charge on any atom is 0.175 e. The van der Waals surface area contributed by atoms with Gasteiger partial charge in [0.15, 0.2) is 22.1 Å². The number of allylic oxidation sites excluding steroid dienone is 1. The van der Waals surface area contributed by atoms with Crippen molar-refractivity contribution in [3.63, 3.8) is 0 Å². The maximum absolute atomic E-state index is 6.35. The SMILES string of the molecule is CC(C)=Cc1cc(Cl)cc(Sc2nc3c(N)ncnc3n2CCCNC(C)C)c1. The predicted molar refractivity (Wildman–Crippen MR) is 122 cm³/mol. The lowest BCUT2D eigenvalue weighted by atomic mass is 10.1. The Hall–Kier alpha value is -2.09. The third kappa shape index (κ3) is 5.72. The van der Waals surface area contributed by atoms with Crippen molar-refractivity contribution in [3.8, 4) is 0 Å². The Morgan fingerprint density at radius 1 is 1.28 bits per heavy atom. The molecule has 0 fully saturated rings. The van der Waals surface area contributed by atoms with Crippen LogP contribution in [0.4, 0.5) is 5.82 Å². The van der Waals surface area contributed by atoms with Gasteiger partial charge in [-0.15, -0.1) is 0 Å². The van der Waals surface area contributed by atoms with Gasteiger partial charge < -0.3 is 15.6 Å². The predicted octanol–water partition coefficient (Wildman–Crippen LogP) is 5.02. The van der Waals surface area contributed by atoms with Crippen LogP contribution in [0.5, 0.6) is 0 Å². The Balaban J connectivity index is 1.94. The fraction of sp³-hybridized carbons (Fsp3) is 0.381. The van der Waals surface area contributed by atoms with E-state index in [1.807, 2.05) is 12.1 Å². The number of imidazole rings is 1. The Bertz CT molecular complexity index is 1020. The normalized spacial score (nSPS) is 11.4. The zero-order valence-electron chi connectivity index (χ0n) is 17.2. The molecule has 29 heavy (non-hydrogen) atoms. The lowest BCUT2D eigenvalue weighted by Gasteiger charge is -2.11. The minimum Gasteiger partial charge on any atom is -0.382 e. The molecule has 0 unspecified atom stereocenters. The number of anilines is 1. The minimum atomic E-state index is 0.396. The summed E-state index contributed by atoms with van der Waals surface area (Å²) < 4.78 is 2.11. The minimum absolute atomic E-state index is 0.396. The number of rotatable bonds is 8. The molecule has 2 heterocycles. The first kappa shape index (κ1) is 21.6. The molecule has 0 bridgehead atoms. The molecule has 3 rings (SSSR count). The molecule has 0 atom stereocenters. The molecule has 3 aromatic rings. The second kappa shape index (κ2) is 9.61. The van der Waals surface area contributed by atoms with E-state index in [1.165, 1.54) is 11.9 Å². The van der Waals surface area contributed by atoms with Crippen LogP contribution in [0.15, 0.2) is 40.2 Å². The Kier molecular flexibility index (Phi) is 7.16. The summed E-state index contributed by atoms with van der Waals surface area (Å²) in [6.07, 6.45) is 4.56. The Morgan fingerprint density at radius 3 is 2.79 bits per heavy atom. The highest BCUT2D eigenvalue weighted by atomic mass is 35.5. The number of nitrogens with one attached hydrogen (secondary N) is 1. The Morgan fingerprint density at radius 2 is 2.07 bits per heavy atom. The first-order valence-electron chi connectivity index (χ1n) is 9.67. The fourth-order valence-electron chi connectivity index (χ4n) is 3.01. The molecular weight excluding hydrogens is 404 g/mol. The maximum atomic E-state index is 6.35. The Labute approximate surface area is 181 Å². The summed E-state index contributed by atoms with van der Waals surface area (Å²) in [6.45, 7) is 10.1. The van der Waals surface area contributed by atoms with Crippen molar-refractivity contribution < 1.29 is 0 Å². The van der Waals surface area contributed by atoms with Crippen LogP contribution in [-0.2, 0) is 6.54 Å². The molecule has 2 aromatic heterocycles.